The first-order valence-corrected chi connectivity index (χ1v) is 4.24. The summed E-state index contributed by atoms with van der Waals surface area (Å²) < 4.78 is 13.3. The third-order valence-corrected chi connectivity index (χ3v) is 2.24. The molecule has 68 valence electrons. The summed E-state index contributed by atoms with van der Waals surface area (Å²) in [6.07, 6.45) is 1.45. The number of halogens is 2. The van der Waals surface area contributed by atoms with Gasteiger partial charge in [0.05, 0.1) is 17.0 Å². The molecule has 0 aliphatic heterocycles. The monoisotopic (exact) mass is 206 g/mol. The van der Waals surface area contributed by atoms with Crippen molar-refractivity contribution in [3.05, 3.63) is 40.9 Å². The quantitative estimate of drug-likeness (QED) is 0.622. The van der Waals surface area contributed by atoms with E-state index in [4.69, 9.17) is 16.9 Å². The minimum absolute atomic E-state index is 0.0806. The van der Waals surface area contributed by atoms with Crippen LogP contribution in [0, 0.1) is 17.1 Å². The van der Waals surface area contributed by atoms with Crippen LogP contribution in [0.5, 0.6) is 0 Å². The van der Waals surface area contributed by atoms with Crippen LogP contribution >= 0.6 is 11.6 Å². The van der Waals surface area contributed by atoms with Gasteiger partial charge in [0.1, 0.15) is 11.0 Å². The van der Waals surface area contributed by atoms with Crippen LogP contribution in [0.3, 0.4) is 0 Å². The molecule has 0 saturated heterocycles. The molecule has 0 fully saturated rings. The highest BCUT2D eigenvalue weighted by molar-refractivity contribution is 6.34. The van der Waals surface area contributed by atoms with Gasteiger partial charge >= 0.3 is 0 Å². The molecular weight excluding hydrogens is 203 g/mol. The van der Waals surface area contributed by atoms with Crippen molar-refractivity contribution in [2.45, 2.75) is 0 Å². The molecule has 0 amide bonds. The van der Waals surface area contributed by atoms with Crippen molar-refractivity contribution in [2.24, 2.45) is 0 Å². The van der Waals surface area contributed by atoms with Crippen LogP contribution in [0.2, 0.25) is 5.15 Å². The first-order chi connectivity index (χ1) is 6.74. The van der Waals surface area contributed by atoms with Crippen LogP contribution in [-0.2, 0) is 0 Å². The topological polar surface area (TPSA) is 36.7 Å². The molecule has 0 radical (unpaired) electrons. The lowest BCUT2D eigenvalue weighted by Gasteiger charge is -2.01. The average molecular weight is 207 g/mol. The molecule has 4 heteroatoms. The highest BCUT2D eigenvalue weighted by Gasteiger charge is 2.09. The van der Waals surface area contributed by atoms with Gasteiger partial charge in [-0.1, -0.05) is 11.6 Å². The van der Waals surface area contributed by atoms with Crippen molar-refractivity contribution in [3.8, 4) is 6.07 Å². The van der Waals surface area contributed by atoms with Crippen molar-refractivity contribution < 1.29 is 4.39 Å². The second-order valence-electron chi connectivity index (χ2n) is 2.73. The molecule has 0 spiro atoms. The minimum Gasteiger partial charge on any atom is -0.244 e. The van der Waals surface area contributed by atoms with Gasteiger partial charge in [-0.2, -0.15) is 5.26 Å². The molecular formula is C10H4ClFN2. The molecule has 1 aromatic carbocycles. The Morgan fingerprint density at radius 1 is 1.36 bits per heavy atom. The fourth-order valence-corrected chi connectivity index (χ4v) is 1.56. The van der Waals surface area contributed by atoms with Crippen LogP contribution in [0.1, 0.15) is 5.56 Å². The number of rotatable bonds is 0. The summed E-state index contributed by atoms with van der Waals surface area (Å²) in [6.45, 7) is 0. The number of nitriles is 1. The summed E-state index contributed by atoms with van der Waals surface area (Å²) in [5.41, 5.74) is 0.394. The van der Waals surface area contributed by atoms with E-state index in [0.717, 1.165) is 0 Å². The summed E-state index contributed by atoms with van der Waals surface area (Å²) >= 11 is 5.73. The molecule has 0 saturated carbocycles. The first kappa shape index (κ1) is 8.92. The number of nitrogens with zero attached hydrogens (tertiary/aromatic N) is 2. The van der Waals surface area contributed by atoms with Crippen LogP contribution in [0.25, 0.3) is 10.8 Å². The fourth-order valence-electron chi connectivity index (χ4n) is 1.31. The maximum Gasteiger partial charge on any atom is 0.139 e. The molecule has 0 unspecified atom stereocenters. The highest BCUT2D eigenvalue weighted by Crippen LogP contribution is 2.26. The van der Waals surface area contributed by atoms with Crippen LogP contribution < -0.4 is 0 Å². The average Bonchev–Trinajstić information content (AvgIpc) is 2.18. The van der Waals surface area contributed by atoms with E-state index >= 15 is 0 Å². The highest BCUT2D eigenvalue weighted by atomic mass is 35.5. The van der Waals surface area contributed by atoms with Gasteiger partial charge in [0.15, 0.2) is 0 Å². The Bertz CT molecular complexity index is 537. The zero-order chi connectivity index (χ0) is 10.1. The van der Waals surface area contributed by atoms with Crippen LogP contribution in [0.4, 0.5) is 4.39 Å². The van der Waals surface area contributed by atoms with Gasteiger partial charge in [-0.05, 0) is 18.2 Å². The Kier molecular flexibility index (Phi) is 2.06. The van der Waals surface area contributed by atoms with Crippen molar-refractivity contribution in [3.63, 3.8) is 0 Å². The van der Waals surface area contributed by atoms with Gasteiger partial charge in [0.25, 0.3) is 0 Å². The van der Waals surface area contributed by atoms with Gasteiger partial charge in [0, 0.05) is 11.6 Å². The largest absolute Gasteiger partial charge is 0.244 e. The second kappa shape index (κ2) is 3.24. The van der Waals surface area contributed by atoms with Crippen molar-refractivity contribution in [1.82, 2.24) is 4.98 Å². The lowest BCUT2D eigenvalue weighted by molar-refractivity contribution is 0.639. The fraction of sp³-hybridized carbons (Fsp3) is 0. The maximum absolute atomic E-state index is 13.3. The summed E-state index contributed by atoms with van der Waals surface area (Å²) in [4.78, 5) is 3.76. The zero-order valence-corrected chi connectivity index (χ0v) is 7.72. The number of pyridine rings is 1. The van der Waals surface area contributed by atoms with Crippen molar-refractivity contribution in [2.75, 3.05) is 0 Å². The van der Waals surface area contributed by atoms with E-state index in [2.05, 4.69) is 4.98 Å². The Morgan fingerprint density at radius 3 is 2.86 bits per heavy atom. The number of hydrogen-bond donors (Lipinski definition) is 0. The summed E-state index contributed by atoms with van der Waals surface area (Å²) in [7, 11) is 0. The Labute approximate surface area is 84.6 Å². The lowest BCUT2D eigenvalue weighted by atomic mass is 10.1. The summed E-state index contributed by atoms with van der Waals surface area (Å²) in [5, 5.41) is 9.56. The van der Waals surface area contributed by atoms with E-state index in [-0.39, 0.29) is 10.5 Å². The van der Waals surface area contributed by atoms with Gasteiger partial charge in [-0.3, -0.25) is 0 Å². The van der Waals surface area contributed by atoms with Gasteiger partial charge < -0.3 is 0 Å². The Balaban J connectivity index is 3.00. The van der Waals surface area contributed by atoms with Crippen molar-refractivity contribution >= 4 is 22.4 Å². The zero-order valence-electron chi connectivity index (χ0n) is 6.96. The maximum atomic E-state index is 13.3. The van der Waals surface area contributed by atoms with E-state index in [0.29, 0.717) is 10.9 Å². The second-order valence-corrected chi connectivity index (χ2v) is 3.09. The molecule has 0 aliphatic carbocycles. The molecule has 1 aromatic heterocycles. The van der Waals surface area contributed by atoms with E-state index in [1.165, 1.54) is 18.3 Å². The SMILES string of the molecule is N#Cc1ccc(F)c2c(Cl)nccc12. The standard InChI is InChI=1S/C10H4ClFN2/c11-10-9-7(3-4-14-10)6(5-13)1-2-8(9)12/h1-4H. The van der Waals surface area contributed by atoms with Crippen molar-refractivity contribution in [1.29, 1.82) is 5.26 Å². The molecule has 1 heterocycles. The molecule has 0 N–H and O–H groups in total. The van der Waals surface area contributed by atoms with E-state index < -0.39 is 5.82 Å². The number of benzene rings is 1. The Hall–Kier alpha value is -1.66. The van der Waals surface area contributed by atoms with Gasteiger partial charge in [-0.25, -0.2) is 9.37 Å². The smallest absolute Gasteiger partial charge is 0.139 e. The lowest BCUT2D eigenvalue weighted by Crippen LogP contribution is -1.87. The third-order valence-electron chi connectivity index (χ3n) is 1.95. The van der Waals surface area contributed by atoms with E-state index in [1.54, 1.807) is 6.07 Å². The van der Waals surface area contributed by atoms with Crippen LogP contribution in [-0.4, -0.2) is 4.98 Å². The van der Waals surface area contributed by atoms with Gasteiger partial charge in [-0.15, -0.1) is 0 Å². The number of fused-ring (bicyclic) bond motifs is 1. The summed E-state index contributed by atoms with van der Waals surface area (Å²) in [5.74, 6) is -0.461. The molecule has 2 aromatic rings. The molecule has 2 rings (SSSR count). The van der Waals surface area contributed by atoms with Gasteiger partial charge in [0.2, 0.25) is 0 Å². The predicted octanol–water partition coefficient (Wildman–Crippen LogP) is 2.90. The van der Waals surface area contributed by atoms with E-state index in [1.807, 2.05) is 6.07 Å². The molecule has 0 bridgehead atoms. The summed E-state index contributed by atoms with van der Waals surface area (Å²) in [6, 6.07) is 6.18. The number of hydrogen-bond acceptors (Lipinski definition) is 2. The molecule has 14 heavy (non-hydrogen) atoms. The van der Waals surface area contributed by atoms with Crippen LogP contribution in [0.15, 0.2) is 24.4 Å². The molecule has 0 aliphatic rings. The van der Waals surface area contributed by atoms with E-state index in [9.17, 15) is 4.39 Å². The first-order valence-electron chi connectivity index (χ1n) is 3.87. The minimum atomic E-state index is -0.461. The predicted molar refractivity (Wildman–Crippen MR) is 51.4 cm³/mol. The number of aromatic nitrogens is 1. The normalized spacial score (nSPS) is 10.1. The third kappa shape index (κ3) is 1.21. The molecule has 2 nitrogen and oxygen atoms in total. The Morgan fingerprint density at radius 2 is 2.14 bits per heavy atom. The molecule has 0 atom stereocenters.